The van der Waals surface area contributed by atoms with Gasteiger partial charge in [0.05, 0.1) is 13.2 Å². The molecule has 3 rings (SSSR count). The molecular formula is C14H17ClN2O3. The quantitative estimate of drug-likeness (QED) is 0.608. The lowest BCUT2D eigenvalue weighted by atomic mass is 9.68. The third kappa shape index (κ3) is 1.85. The maximum Gasteiger partial charge on any atom is 0.318 e. The molecule has 1 aromatic carbocycles. The van der Waals surface area contributed by atoms with Gasteiger partial charge in [-0.05, 0) is 24.1 Å². The summed E-state index contributed by atoms with van der Waals surface area (Å²) in [6, 6.07) is 5.23. The Morgan fingerprint density at radius 3 is 2.95 bits per heavy atom. The summed E-state index contributed by atoms with van der Waals surface area (Å²) in [5.74, 6) is -0.0983. The fourth-order valence-corrected chi connectivity index (χ4v) is 3.31. The van der Waals surface area contributed by atoms with Crippen LogP contribution in [-0.4, -0.2) is 24.9 Å². The summed E-state index contributed by atoms with van der Waals surface area (Å²) in [4.78, 5) is 24.0. The molecule has 108 valence electrons. The minimum Gasteiger partial charge on any atom is -0.468 e. The first-order chi connectivity index (χ1) is 9.07. The molecule has 1 heterocycles. The van der Waals surface area contributed by atoms with Crippen molar-refractivity contribution in [2.24, 2.45) is 0 Å². The van der Waals surface area contributed by atoms with E-state index in [1.807, 2.05) is 12.1 Å². The van der Waals surface area contributed by atoms with E-state index in [4.69, 9.17) is 10.5 Å². The third-order valence-electron chi connectivity index (χ3n) is 4.23. The molecule has 0 spiro atoms. The highest BCUT2D eigenvalue weighted by Gasteiger charge is 2.56. The second-order valence-electron chi connectivity index (χ2n) is 5.21. The Morgan fingerprint density at radius 2 is 2.25 bits per heavy atom. The monoisotopic (exact) mass is 296 g/mol. The molecule has 6 heteroatoms. The SMILES string of the molecule is COC(=O)[C@@]12CCC(=O)C[C@@H]1Nc1cc(N)ccc12.Cl. The van der Waals surface area contributed by atoms with Crippen LogP contribution >= 0.6 is 12.4 Å². The van der Waals surface area contributed by atoms with Crippen LogP contribution in [0.1, 0.15) is 24.8 Å². The van der Waals surface area contributed by atoms with E-state index >= 15 is 0 Å². The van der Waals surface area contributed by atoms with Crippen molar-refractivity contribution < 1.29 is 14.3 Å². The van der Waals surface area contributed by atoms with Gasteiger partial charge in [0.15, 0.2) is 0 Å². The first-order valence-corrected chi connectivity index (χ1v) is 6.34. The summed E-state index contributed by atoms with van der Waals surface area (Å²) in [6.07, 6.45) is 1.26. The van der Waals surface area contributed by atoms with Gasteiger partial charge in [0.1, 0.15) is 11.2 Å². The minimum atomic E-state index is -0.744. The van der Waals surface area contributed by atoms with Crippen molar-refractivity contribution in [3.8, 4) is 0 Å². The molecule has 5 nitrogen and oxygen atoms in total. The van der Waals surface area contributed by atoms with Gasteiger partial charge in [0.2, 0.25) is 0 Å². The number of rotatable bonds is 1. The molecule has 2 aliphatic rings. The lowest BCUT2D eigenvalue weighted by molar-refractivity contribution is -0.149. The zero-order valence-corrected chi connectivity index (χ0v) is 12.0. The molecule has 0 saturated heterocycles. The van der Waals surface area contributed by atoms with Crippen molar-refractivity contribution in [2.45, 2.75) is 30.7 Å². The minimum absolute atomic E-state index is 0. The summed E-state index contributed by atoms with van der Waals surface area (Å²) in [5.41, 5.74) is 7.40. The number of carbonyl (C=O) groups excluding carboxylic acids is 2. The van der Waals surface area contributed by atoms with Crippen LogP contribution < -0.4 is 11.1 Å². The molecular weight excluding hydrogens is 280 g/mol. The fraction of sp³-hybridized carbons (Fsp3) is 0.429. The van der Waals surface area contributed by atoms with Crippen molar-refractivity contribution in [1.82, 2.24) is 0 Å². The highest BCUT2D eigenvalue weighted by Crippen LogP contribution is 2.49. The Balaban J connectivity index is 0.00000147. The number of nitrogen functional groups attached to an aromatic ring is 1. The average molecular weight is 297 g/mol. The van der Waals surface area contributed by atoms with Gasteiger partial charge in [-0.25, -0.2) is 0 Å². The Kier molecular flexibility index (Phi) is 3.65. The molecule has 20 heavy (non-hydrogen) atoms. The summed E-state index contributed by atoms with van der Waals surface area (Å²) in [6.45, 7) is 0. The van der Waals surface area contributed by atoms with Crippen molar-refractivity contribution in [3.05, 3.63) is 23.8 Å². The van der Waals surface area contributed by atoms with Crippen molar-refractivity contribution in [2.75, 3.05) is 18.2 Å². The number of benzene rings is 1. The smallest absolute Gasteiger partial charge is 0.318 e. The van der Waals surface area contributed by atoms with Crippen molar-refractivity contribution >= 4 is 35.5 Å². The van der Waals surface area contributed by atoms with Crippen LogP contribution in [-0.2, 0) is 19.7 Å². The van der Waals surface area contributed by atoms with Crippen molar-refractivity contribution in [1.29, 1.82) is 0 Å². The van der Waals surface area contributed by atoms with Gasteiger partial charge in [-0.15, -0.1) is 12.4 Å². The fourth-order valence-electron chi connectivity index (χ4n) is 3.31. The number of hydrogen-bond donors (Lipinski definition) is 2. The number of esters is 1. The van der Waals surface area contributed by atoms with Crippen LogP contribution in [0.25, 0.3) is 0 Å². The molecule has 1 saturated carbocycles. The Hall–Kier alpha value is -1.75. The van der Waals surface area contributed by atoms with E-state index in [9.17, 15) is 9.59 Å². The molecule has 0 radical (unpaired) electrons. The van der Waals surface area contributed by atoms with Crippen LogP contribution in [0, 0.1) is 0 Å². The second-order valence-corrected chi connectivity index (χ2v) is 5.21. The van der Waals surface area contributed by atoms with Gasteiger partial charge in [-0.1, -0.05) is 6.07 Å². The average Bonchev–Trinajstić information content (AvgIpc) is 2.70. The normalized spacial score (nSPS) is 26.9. The van der Waals surface area contributed by atoms with Crippen molar-refractivity contribution in [3.63, 3.8) is 0 Å². The molecule has 0 amide bonds. The van der Waals surface area contributed by atoms with Gasteiger partial charge in [-0.2, -0.15) is 0 Å². The van der Waals surface area contributed by atoms with E-state index in [1.54, 1.807) is 6.07 Å². The van der Waals surface area contributed by atoms with E-state index < -0.39 is 5.41 Å². The molecule has 1 aliphatic carbocycles. The molecule has 2 atom stereocenters. The van der Waals surface area contributed by atoms with E-state index in [0.717, 1.165) is 11.3 Å². The number of ketones is 1. The first-order valence-electron chi connectivity index (χ1n) is 6.34. The first kappa shape index (κ1) is 14.7. The van der Waals surface area contributed by atoms with Crippen LogP contribution in [0.4, 0.5) is 11.4 Å². The summed E-state index contributed by atoms with van der Waals surface area (Å²) >= 11 is 0. The molecule has 0 unspecified atom stereocenters. The second kappa shape index (κ2) is 4.98. The molecule has 0 aromatic heterocycles. The number of Topliss-reactive ketones (excluding diaryl/α,β-unsaturated/α-hetero) is 1. The molecule has 3 N–H and O–H groups in total. The number of hydrogen-bond acceptors (Lipinski definition) is 5. The predicted octanol–water partition coefficient (Wildman–Crippen LogP) is 1.65. The highest BCUT2D eigenvalue weighted by atomic mass is 35.5. The Bertz CT molecular complexity index is 576. The largest absolute Gasteiger partial charge is 0.468 e. The summed E-state index contributed by atoms with van der Waals surface area (Å²) < 4.78 is 5.00. The third-order valence-corrected chi connectivity index (χ3v) is 4.23. The van der Waals surface area contributed by atoms with Crippen LogP contribution in [0.5, 0.6) is 0 Å². The number of methoxy groups -OCH3 is 1. The zero-order chi connectivity index (χ0) is 13.6. The van der Waals surface area contributed by atoms with Gasteiger partial charge < -0.3 is 15.8 Å². The lowest BCUT2D eigenvalue weighted by Crippen LogP contribution is -2.50. The van der Waals surface area contributed by atoms with Crippen LogP contribution in [0.15, 0.2) is 18.2 Å². The maximum absolute atomic E-state index is 12.3. The van der Waals surface area contributed by atoms with E-state index in [2.05, 4.69) is 5.32 Å². The number of fused-ring (bicyclic) bond motifs is 3. The molecule has 1 fully saturated rings. The Morgan fingerprint density at radius 1 is 1.50 bits per heavy atom. The summed E-state index contributed by atoms with van der Waals surface area (Å²) in [7, 11) is 1.39. The molecule has 1 aliphatic heterocycles. The topological polar surface area (TPSA) is 81.4 Å². The number of halogens is 1. The van der Waals surface area contributed by atoms with E-state index in [0.29, 0.717) is 24.9 Å². The lowest BCUT2D eigenvalue weighted by Gasteiger charge is -2.36. The number of nitrogens with two attached hydrogens (primary N) is 1. The van der Waals surface area contributed by atoms with Gasteiger partial charge in [0.25, 0.3) is 0 Å². The van der Waals surface area contributed by atoms with Crippen LogP contribution in [0.3, 0.4) is 0 Å². The Labute approximate surface area is 123 Å². The number of carbonyl (C=O) groups is 2. The number of anilines is 2. The highest BCUT2D eigenvalue weighted by molar-refractivity contribution is 5.95. The van der Waals surface area contributed by atoms with E-state index in [-0.39, 0.29) is 30.2 Å². The van der Waals surface area contributed by atoms with E-state index in [1.165, 1.54) is 7.11 Å². The number of nitrogens with one attached hydrogen (secondary N) is 1. The standard InChI is InChI=1S/C14H16N2O3.ClH/c1-19-13(18)14-5-4-9(17)7-12(14)16-11-6-8(15)2-3-10(11)14;/h2-3,6,12,16H,4-5,7,15H2,1H3;1H/t12-,14+;/m0./s1. The zero-order valence-electron chi connectivity index (χ0n) is 11.1. The predicted molar refractivity (Wildman–Crippen MR) is 78.1 cm³/mol. The van der Waals surface area contributed by atoms with Crippen LogP contribution in [0.2, 0.25) is 0 Å². The van der Waals surface area contributed by atoms with Gasteiger partial charge >= 0.3 is 5.97 Å². The van der Waals surface area contributed by atoms with Gasteiger partial charge in [0, 0.05) is 24.2 Å². The maximum atomic E-state index is 12.3. The molecule has 0 bridgehead atoms. The number of ether oxygens (including phenoxy) is 1. The molecule has 1 aromatic rings. The summed E-state index contributed by atoms with van der Waals surface area (Å²) in [5, 5.41) is 3.26. The van der Waals surface area contributed by atoms with Gasteiger partial charge in [-0.3, -0.25) is 9.59 Å².